The van der Waals surface area contributed by atoms with Crippen molar-refractivity contribution in [2.24, 2.45) is 5.92 Å². The van der Waals surface area contributed by atoms with Crippen LogP contribution in [-0.2, 0) is 11.3 Å². The lowest BCUT2D eigenvalue weighted by Gasteiger charge is -2.10. The number of benzene rings is 1. The zero-order valence-electron chi connectivity index (χ0n) is 14.2. The quantitative estimate of drug-likeness (QED) is 0.694. The Balaban J connectivity index is 1.62. The normalized spacial score (nSPS) is 13.6. The van der Waals surface area contributed by atoms with Gasteiger partial charge in [-0.3, -0.25) is 10.1 Å². The predicted molar refractivity (Wildman–Crippen MR) is 99.7 cm³/mol. The van der Waals surface area contributed by atoms with E-state index < -0.39 is 0 Å². The maximum atomic E-state index is 12.0. The van der Waals surface area contributed by atoms with Crippen LogP contribution in [0.25, 0.3) is 5.65 Å². The van der Waals surface area contributed by atoms with Crippen LogP contribution in [0.5, 0.6) is 5.75 Å². The summed E-state index contributed by atoms with van der Waals surface area (Å²) in [5, 5.41) is 11.2. The van der Waals surface area contributed by atoms with Crippen LogP contribution in [0.15, 0.2) is 36.4 Å². The first-order chi connectivity index (χ1) is 12.7. The summed E-state index contributed by atoms with van der Waals surface area (Å²) in [6.45, 7) is 0.532. The average Bonchev–Trinajstić information content (AvgIpc) is 3.41. The van der Waals surface area contributed by atoms with Crippen molar-refractivity contribution in [2.45, 2.75) is 19.4 Å². The summed E-state index contributed by atoms with van der Waals surface area (Å²) in [5.41, 5.74) is 1.50. The Kier molecular flexibility index (Phi) is 4.38. The zero-order chi connectivity index (χ0) is 18.1. The number of ether oxygens (including phenoxy) is 1. The Morgan fingerprint density at radius 3 is 2.85 bits per heavy atom. The standard InChI is InChI=1S/C18H18ClN5O2/c1-26-14-8-9-15(20-10-12-4-2-3-5-13(12)19)24-16(14)21-18(23-24)22-17(25)11-6-7-11/h2-5,8-9,11,20H,6-7,10H2,1H3,(H,22,23,25). The summed E-state index contributed by atoms with van der Waals surface area (Å²) in [6.07, 6.45) is 1.85. The number of hydrogen-bond donors (Lipinski definition) is 2. The highest BCUT2D eigenvalue weighted by Crippen LogP contribution is 2.30. The first-order valence-corrected chi connectivity index (χ1v) is 8.75. The molecule has 2 heterocycles. The molecule has 3 aromatic rings. The van der Waals surface area contributed by atoms with Crippen LogP contribution in [0.3, 0.4) is 0 Å². The van der Waals surface area contributed by atoms with Gasteiger partial charge in [0.1, 0.15) is 5.82 Å². The van der Waals surface area contributed by atoms with Gasteiger partial charge in [-0.2, -0.15) is 9.50 Å². The van der Waals surface area contributed by atoms with E-state index in [1.807, 2.05) is 36.4 Å². The molecule has 1 aliphatic rings. The van der Waals surface area contributed by atoms with Crippen LogP contribution in [-0.4, -0.2) is 27.6 Å². The molecule has 8 heteroatoms. The van der Waals surface area contributed by atoms with E-state index in [4.69, 9.17) is 16.3 Å². The summed E-state index contributed by atoms with van der Waals surface area (Å²) in [5.74, 6) is 1.62. The molecule has 26 heavy (non-hydrogen) atoms. The van der Waals surface area contributed by atoms with Gasteiger partial charge in [0.15, 0.2) is 5.75 Å². The molecule has 0 atom stereocenters. The second kappa shape index (κ2) is 6.84. The lowest BCUT2D eigenvalue weighted by Crippen LogP contribution is -2.14. The van der Waals surface area contributed by atoms with E-state index >= 15 is 0 Å². The Morgan fingerprint density at radius 2 is 2.12 bits per heavy atom. The maximum absolute atomic E-state index is 12.0. The van der Waals surface area contributed by atoms with Crippen molar-refractivity contribution in [1.29, 1.82) is 0 Å². The van der Waals surface area contributed by atoms with Crippen molar-refractivity contribution >= 4 is 34.9 Å². The van der Waals surface area contributed by atoms with Gasteiger partial charge in [-0.1, -0.05) is 29.8 Å². The highest BCUT2D eigenvalue weighted by Gasteiger charge is 2.30. The van der Waals surface area contributed by atoms with Crippen molar-refractivity contribution in [1.82, 2.24) is 14.6 Å². The van der Waals surface area contributed by atoms with Gasteiger partial charge < -0.3 is 10.1 Å². The number of carbonyl (C=O) groups is 1. The third-order valence-corrected chi connectivity index (χ3v) is 4.64. The summed E-state index contributed by atoms with van der Waals surface area (Å²) in [6, 6.07) is 11.3. The molecule has 4 rings (SSSR count). The van der Waals surface area contributed by atoms with Crippen LogP contribution in [0.4, 0.5) is 11.8 Å². The smallest absolute Gasteiger partial charge is 0.249 e. The Bertz CT molecular complexity index is 967. The fourth-order valence-corrected chi connectivity index (χ4v) is 2.87. The second-order valence-corrected chi connectivity index (χ2v) is 6.57. The van der Waals surface area contributed by atoms with E-state index in [1.165, 1.54) is 0 Å². The number of anilines is 2. The predicted octanol–water partition coefficient (Wildman–Crippen LogP) is 3.35. The molecule has 1 fully saturated rings. The SMILES string of the molecule is COc1ccc(NCc2ccccc2Cl)n2nc(NC(=O)C3CC3)nc12. The molecule has 7 nitrogen and oxygen atoms in total. The van der Waals surface area contributed by atoms with Gasteiger partial charge in [-0.15, -0.1) is 5.10 Å². The number of nitrogens with one attached hydrogen (secondary N) is 2. The zero-order valence-corrected chi connectivity index (χ0v) is 15.0. The topological polar surface area (TPSA) is 80.5 Å². The Morgan fingerprint density at radius 1 is 1.31 bits per heavy atom. The average molecular weight is 372 g/mol. The molecule has 1 saturated carbocycles. The Labute approximate surface area is 155 Å². The number of halogens is 1. The van der Waals surface area contributed by atoms with E-state index in [1.54, 1.807) is 11.6 Å². The van der Waals surface area contributed by atoms with Crippen LogP contribution in [0.2, 0.25) is 5.02 Å². The number of fused-ring (bicyclic) bond motifs is 1. The molecule has 0 aliphatic heterocycles. The van der Waals surface area contributed by atoms with Crippen LogP contribution in [0.1, 0.15) is 18.4 Å². The number of carbonyl (C=O) groups excluding carboxylic acids is 1. The van der Waals surface area contributed by atoms with Crippen molar-refractivity contribution < 1.29 is 9.53 Å². The van der Waals surface area contributed by atoms with Gasteiger partial charge >= 0.3 is 0 Å². The van der Waals surface area contributed by atoms with E-state index in [0.29, 0.717) is 23.0 Å². The van der Waals surface area contributed by atoms with Gasteiger partial charge in [-0.25, -0.2) is 0 Å². The van der Waals surface area contributed by atoms with Gasteiger partial charge in [0, 0.05) is 17.5 Å². The number of amides is 1. The van der Waals surface area contributed by atoms with Gasteiger partial charge in [0.25, 0.3) is 0 Å². The molecule has 0 spiro atoms. The van der Waals surface area contributed by atoms with Gasteiger partial charge in [-0.05, 0) is 36.6 Å². The molecule has 0 unspecified atom stereocenters. The lowest BCUT2D eigenvalue weighted by molar-refractivity contribution is -0.117. The third-order valence-electron chi connectivity index (χ3n) is 4.27. The number of rotatable bonds is 6. The van der Waals surface area contributed by atoms with Crippen molar-refractivity contribution in [3.63, 3.8) is 0 Å². The van der Waals surface area contributed by atoms with Gasteiger partial charge in [0.05, 0.1) is 7.11 Å². The number of nitrogens with zero attached hydrogens (tertiary/aromatic N) is 3. The first kappa shape index (κ1) is 16.7. The molecule has 0 radical (unpaired) electrons. The van der Waals surface area contributed by atoms with Crippen LogP contribution < -0.4 is 15.4 Å². The monoisotopic (exact) mass is 371 g/mol. The van der Waals surface area contributed by atoms with Crippen molar-refractivity contribution in [3.05, 3.63) is 47.0 Å². The molecule has 2 aromatic heterocycles. The molecule has 1 aliphatic carbocycles. The lowest BCUT2D eigenvalue weighted by atomic mass is 10.2. The first-order valence-electron chi connectivity index (χ1n) is 8.37. The van der Waals surface area contributed by atoms with Crippen LogP contribution >= 0.6 is 11.6 Å². The number of hydrogen-bond acceptors (Lipinski definition) is 5. The molecular formula is C18H18ClN5O2. The minimum atomic E-state index is -0.0366. The molecule has 0 saturated heterocycles. The highest BCUT2D eigenvalue weighted by atomic mass is 35.5. The summed E-state index contributed by atoms with van der Waals surface area (Å²) in [4.78, 5) is 16.4. The number of aromatic nitrogens is 3. The van der Waals surface area contributed by atoms with Crippen molar-refractivity contribution in [3.8, 4) is 5.75 Å². The summed E-state index contributed by atoms with van der Waals surface area (Å²) >= 11 is 6.21. The summed E-state index contributed by atoms with van der Waals surface area (Å²) < 4.78 is 6.98. The second-order valence-electron chi connectivity index (χ2n) is 6.17. The number of pyridine rings is 1. The molecule has 2 N–H and O–H groups in total. The fraction of sp³-hybridized carbons (Fsp3) is 0.278. The largest absolute Gasteiger partial charge is 0.493 e. The summed E-state index contributed by atoms with van der Waals surface area (Å²) in [7, 11) is 1.57. The molecule has 1 aromatic carbocycles. The van der Waals surface area contributed by atoms with Gasteiger partial charge in [0.2, 0.25) is 17.5 Å². The maximum Gasteiger partial charge on any atom is 0.249 e. The van der Waals surface area contributed by atoms with E-state index in [0.717, 1.165) is 24.2 Å². The van der Waals surface area contributed by atoms with E-state index in [2.05, 4.69) is 20.7 Å². The Hall–Kier alpha value is -2.80. The van der Waals surface area contributed by atoms with E-state index in [9.17, 15) is 4.79 Å². The van der Waals surface area contributed by atoms with Crippen LogP contribution in [0, 0.1) is 5.92 Å². The molecule has 0 bridgehead atoms. The number of methoxy groups -OCH3 is 1. The van der Waals surface area contributed by atoms with E-state index in [-0.39, 0.29) is 17.8 Å². The molecule has 1 amide bonds. The molecular weight excluding hydrogens is 354 g/mol. The van der Waals surface area contributed by atoms with Crippen molar-refractivity contribution in [2.75, 3.05) is 17.7 Å². The minimum absolute atomic E-state index is 0.0366. The molecule has 134 valence electrons. The highest BCUT2D eigenvalue weighted by molar-refractivity contribution is 6.31. The third kappa shape index (κ3) is 3.30. The fourth-order valence-electron chi connectivity index (χ4n) is 2.67. The minimum Gasteiger partial charge on any atom is -0.493 e.